The monoisotopic (exact) mass is 272 g/mol. The highest BCUT2D eigenvalue weighted by Crippen LogP contribution is 2.33. The van der Waals surface area contributed by atoms with Crippen LogP contribution in [0, 0.1) is 20.5 Å². The maximum absolute atomic E-state index is 11.3. The van der Waals surface area contributed by atoms with Gasteiger partial charge in [-0.25, -0.2) is 9.97 Å². The van der Waals surface area contributed by atoms with Crippen molar-refractivity contribution < 1.29 is 14.9 Å². The van der Waals surface area contributed by atoms with Crippen LogP contribution in [0.5, 0.6) is 6.01 Å². The molecule has 2 aromatic rings. The molecule has 3 rings (SSSR count). The van der Waals surface area contributed by atoms with E-state index in [9.17, 15) is 25.6 Å². The molecule has 0 amide bonds. The van der Waals surface area contributed by atoms with Crippen molar-refractivity contribution in [3.8, 4) is 6.01 Å². The molecule has 1 aromatic heterocycles. The number of nitro benzene ring substituents is 1. The summed E-state index contributed by atoms with van der Waals surface area (Å²) in [5, 5.41) is 44.6. The Bertz CT molecular complexity index is 823. The van der Waals surface area contributed by atoms with Crippen LogP contribution in [0.1, 0.15) is 11.3 Å². The topological polar surface area (TPSA) is 141 Å². The van der Waals surface area contributed by atoms with E-state index in [1.807, 2.05) is 0 Å². The molecule has 0 bridgehead atoms. The third-order valence-corrected chi connectivity index (χ3v) is 2.90. The Hall–Kier alpha value is -3.23. The van der Waals surface area contributed by atoms with Crippen LogP contribution in [0.15, 0.2) is 18.2 Å². The molecule has 0 spiro atoms. The molecule has 1 heterocycles. The quantitative estimate of drug-likeness (QED) is 0.416. The average molecular weight is 272 g/mol. The molecule has 0 aliphatic heterocycles. The summed E-state index contributed by atoms with van der Waals surface area (Å²) in [5.41, 5.74) is -0.724. The van der Waals surface area contributed by atoms with E-state index in [1.165, 1.54) is 12.1 Å². The Kier molecular flexibility index (Phi) is 2.30. The molecule has 0 atom stereocenters. The van der Waals surface area contributed by atoms with E-state index < -0.39 is 27.2 Å². The molecule has 9 heteroatoms. The molecule has 1 aliphatic carbocycles. The zero-order valence-electron chi connectivity index (χ0n) is 9.64. The molecule has 20 heavy (non-hydrogen) atoms. The standard InChI is InChI=1S/C11H5N4O5/c16-11-12-5-1-3-7(14(17)18)10-8(15(19)20)4-2-6(13-11)9(5)10/h1-4H,(H-,12,13,16,17,18)/q-1/p-1. The number of rotatable bonds is 1. The van der Waals surface area contributed by atoms with E-state index in [2.05, 4.69) is 9.97 Å². The molecule has 0 saturated heterocycles. The van der Waals surface area contributed by atoms with Gasteiger partial charge in [0.05, 0.1) is 22.1 Å². The van der Waals surface area contributed by atoms with Crippen molar-refractivity contribution in [3.63, 3.8) is 0 Å². The van der Waals surface area contributed by atoms with E-state index in [0.29, 0.717) is 0 Å². The second-order valence-electron chi connectivity index (χ2n) is 3.98. The van der Waals surface area contributed by atoms with Crippen molar-refractivity contribution in [1.29, 1.82) is 0 Å². The Morgan fingerprint density at radius 1 is 1.05 bits per heavy atom. The van der Waals surface area contributed by atoms with Gasteiger partial charge in [0.15, 0.2) is 0 Å². The van der Waals surface area contributed by atoms with Crippen molar-refractivity contribution in [2.45, 2.75) is 0 Å². The van der Waals surface area contributed by atoms with Crippen molar-refractivity contribution in [1.82, 2.24) is 9.97 Å². The number of nitro groups is 1. The first-order valence-electron chi connectivity index (χ1n) is 5.35. The van der Waals surface area contributed by atoms with Gasteiger partial charge in [0.2, 0.25) is 5.71 Å². The van der Waals surface area contributed by atoms with Crippen molar-refractivity contribution in [3.05, 3.63) is 50.0 Å². The summed E-state index contributed by atoms with van der Waals surface area (Å²) in [6.07, 6.45) is 2.37. The van der Waals surface area contributed by atoms with Crippen LogP contribution in [0.25, 0.3) is 17.0 Å². The molecule has 1 aromatic carbocycles. The fourth-order valence-electron chi connectivity index (χ4n) is 2.15. The molecule has 0 saturated carbocycles. The number of nitrogens with zero attached hydrogens (tertiary/aromatic N) is 4. The summed E-state index contributed by atoms with van der Waals surface area (Å²) in [6, 6.07) is 1.62. The molecule has 0 fully saturated rings. The van der Waals surface area contributed by atoms with Gasteiger partial charge in [0, 0.05) is 17.5 Å². The highest BCUT2D eigenvalue weighted by Gasteiger charge is 2.29. The zero-order valence-corrected chi connectivity index (χ0v) is 9.64. The first kappa shape index (κ1) is 11.8. The van der Waals surface area contributed by atoms with Gasteiger partial charge in [0.25, 0.3) is 5.69 Å². The zero-order chi connectivity index (χ0) is 14.4. The summed E-state index contributed by atoms with van der Waals surface area (Å²) in [6.45, 7) is 0. The highest BCUT2D eigenvalue weighted by molar-refractivity contribution is 6.21. The van der Waals surface area contributed by atoms with Gasteiger partial charge in [-0.05, 0) is 12.1 Å². The van der Waals surface area contributed by atoms with Gasteiger partial charge in [-0.15, -0.1) is 0 Å². The van der Waals surface area contributed by atoms with Crippen molar-refractivity contribution in [2.24, 2.45) is 0 Å². The van der Waals surface area contributed by atoms with Crippen LogP contribution in [-0.2, 0) is 0 Å². The fourth-order valence-corrected chi connectivity index (χ4v) is 2.15. The van der Waals surface area contributed by atoms with Crippen LogP contribution in [-0.4, -0.2) is 25.5 Å². The lowest BCUT2D eigenvalue weighted by atomic mass is 9.95. The first-order chi connectivity index (χ1) is 9.49. The van der Waals surface area contributed by atoms with E-state index in [1.54, 1.807) is 0 Å². The van der Waals surface area contributed by atoms with Crippen molar-refractivity contribution >= 4 is 28.4 Å². The summed E-state index contributed by atoms with van der Waals surface area (Å²) in [4.78, 5) is 16.8. The molecule has 1 aliphatic rings. The van der Waals surface area contributed by atoms with Gasteiger partial charge in [-0.2, -0.15) is 4.90 Å². The molecule has 0 N–H and O–H groups in total. The first-order valence-corrected chi connectivity index (χ1v) is 5.35. The molecule has 9 nitrogen and oxygen atoms in total. The molecular formula is C11H4N4O5-2. The van der Waals surface area contributed by atoms with E-state index >= 15 is 0 Å². The maximum Gasteiger partial charge on any atom is 0.284 e. The van der Waals surface area contributed by atoms with Gasteiger partial charge in [-0.3, -0.25) is 10.1 Å². The summed E-state index contributed by atoms with van der Waals surface area (Å²) in [7, 11) is 0. The third kappa shape index (κ3) is 1.53. The Morgan fingerprint density at radius 2 is 1.80 bits per heavy atom. The minimum absolute atomic E-state index is 0.143. The van der Waals surface area contributed by atoms with E-state index in [0.717, 1.165) is 12.1 Å². The number of hydrogen-bond acceptors (Lipinski definition) is 7. The van der Waals surface area contributed by atoms with Crippen molar-refractivity contribution in [2.75, 3.05) is 0 Å². The predicted molar refractivity (Wildman–Crippen MR) is 65.8 cm³/mol. The molecule has 0 unspecified atom stereocenters. The lowest BCUT2D eigenvalue weighted by Crippen LogP contribution is -2.16. The van der Waals surface area contributed by atoms with Crippen LogP contribution < -0.4 is 5.11 Å². The van der Waals surface area contributed by atoms with Crippen LogP contribution >= 0.6 is 0 Å². The summed E-state index contributed by atoms with van der Waals surface area (Å²) >= 11 is 0. The SMILES string of the molecule is O=[N+]([O-])c1ccc2nc([O-])nc3c2c1C(=[N+]([O-])[O-])C=C3. The van der Waals surface area contributed by atoms with Gasteiger partial charge in [0.1, 0.15) is 5.56 Å². The van der Waals surface area contributed by atoms with Crippen LogP contribution in [0.2, 0.25) is 0 Å². The van der Waals surface area contributed by atoms with Gasteiger partial charge >= 0.3 is 0 Å². The summed E-state index contributed by atoms with van der Waals surface area (Å²) < 4.78 is 0. The second-order valence-corrected chi connectivity index (χ2v) is 3.98. The normalized spacial score (nSPS) is 12.7. The third-order valence-electron chi connectivity index (χ3n) is 2.90. The van der Waals surface area contributed by atoms with E-state index in [4.69, 9.17) is 0 Å². The summed E-state index contributed by atoms with van der Waals surface area (Å²) in [5.74, 6) is 0. The smallest absolute Gasteiger partial charge is 0.284 e. The number of aromatic nitrogens is 2. The Balaban J connectivity index is 2.55. The Labute approximate surface area is 110 Å². The minimum atomic E-state index is -0.749. The minimum Gasteiger partial charge on any atom is -0.844 e. The predicted octanol–water partition coefficient (Wildman–Crippen LogP) is 0.436. The number of benzene rings is 1. The maximum atomic E-state index is 11.3. The number of hydrogen-bond donors (Lipinski definition) is 0. The largest absolute Gasteiger partial charge is 0.844 e. The lowest BCUT2D eigenvalue weighted by molar-refractivity contribution is -0.388. The lowest BCUT2D eigenvalue weighted by Gasteiger charge is -2.16. The molecule has 0 radical (unpaired) electrons. The van der Waals surface area contributed by atoms with Gasteiger partial charge in [-0.1, -0.05) is 0 Å². The molecule has 100 valence electrons. The Morgan fingerprint density at radius 3 is 2.45 bits per heavy atom. The number of allylic oxidation sites excluding steroid dienone is 1. The van der Waals surface area contributed by atoms with Gasteiger partial charge < -0.3 is 15.5 Å². The van der Waals surface area contributed by atoms with Crippen LogP contribution in [0.4, 0.5) is 5.69 Å². The van der Waals surface area contributed by atoms with E-state index in [-0.39, 0.29) is 22.2 Å². The fraction of sp³-hybridized carbons (Fsp3) is 0. The molecular weight excluding hydrogens is 268 g/mol. The second kappa shape index (κ2) is 3.88. The van der Waals surface area contributed by atoms with Crippen LogP contribution in [0.3, 0.4) is 0 Å². The highest BCUT2D eigenvalue weighted by atomic mass is 16.8. The average Bonchev–Trinajstić information content (AvgIpc) is 2.38.